The number of hydrogen-bond donors (Lipinski definition) is 2. The number of rotatable bonds is 6. The Hall–Kier alpha value is -2.76. The molecule has 2 unspecified atom stereocenters. The number of imide groups is 1. The Morgan fingerprint density at radius 1 is 1.09 bits per heavy atom. The third kappa shape index (κ3) is 4.27. The average molecular weight is 464 g/mol. The van der Waals surface area contributed by atoms with E-state index in [9.17, 15) is 27.9 Å². The summed E-state index contributed by atoms with van der Waals surface area (Å²) < 4.78 is 32.1. The molecule has 1 aliphatic carbocycles. The standard InChI is InChI=1S/C21H25N3O7S/c25-18-6-5-14(32(29,30)23-9-11-31-12-10-23)13-17(18)22-19(26)7-8-24-20(27)15-3-1-2-4-16(15)21(24)28/h1-2,5-6,13,15-16,25H,3-4,7-12H2,(H,22,26). The number of sulfonamides is 1. The van der Waals surface area contributed by atoms with Crippen LogP contribution in [0.5, 0.6) is 5.75 Å². The highest BCUT2D eigenvalue weighted by Gasteiger charge is 2.46. The predicted molar refractivity (Wildman–Crippen MR) is 113 cm³/mol. The summed E-state index contributed by atoms with van der Waals surface area (Å²) in [4.78, 5) is 38.5. The van der Waals surface area contributed by atoms with Crippen molar-refractivity contribution in [2.24, 2.45) is 11.8 Å². The van der Waals surface area contributed by atoms with Crippen LogP contribution < -0.4 is 5.32 Å². The maximum Gasteiger partial charge on any atom is 0.243 e. The van der Waals surface area contributed by atoms with Crippen molar-refractivity contribution in [3.8, 4) is 5.75 Å². The molecular weight excluding hydrogens is 438 g/mol. The average Bonchev–Trinajstić information content (AvgIpc) is 3.04. The molecule has 2 heterocycles. The summed E-state index contributed by atoms with van der Waals surface area (Å²) in [6.07, 6.45) is 4.67. The van der Waals surface area contributed by atoms with Crippen LogP contribution in [0.25, 0.3) is 0 Å². The number of nitrogens with one attached hydrogen (secondary N) is 1. The van der Waals surface area contributed by atoms with E-state index in [-0.39, 0.29) is 66.0 Å². The number of phenolic OH excluding ortho intramolecular Hbond substituents is 1. The Bertz CT molecular complexity index is 1040. The third-order valence-corrected chi connectivity index (χ3v) is 7.91. The van der Waals surface area contributed by atoms with E-state index in [1.54, 1.807) is 0 Å². The number of phenols is 1. The summed E-state index contributed by atoms with van der Waals surface area (Å²) in [7, 11) is -3.80. The van der Waals surface area contributed by atoms with Crippen molar-refractivity contribution in [3.05, 3.63) is 30.4 Å². The number of morpholine rings is 1. The number of benzene rings is 1. The van der Waals surface area contributed by atoms with Crippen LogP contribution in [0.2, 0.25) is 0 Å². The first-order valence-electron chi connectivity index (χ1n) is 10.5. The molecule has 11 heteroatoms. The maximum atomic E-state index is 12.8. The Balaban J connectivity index is 1.41. The normalized spacial score (nSPS) is 23.9. The van der Waals surface area contributed by atoms with E-state index in [1.165, 1.54) is 22.5 Å². The Morgan fingerprint density at radius 2 is 1.72 bits per heavy atom. The molecular formula is C21H25N3O7S. The summed E-state index contributed by atoms with van der Waals surface area (Å²) in [6, 6.07) is 3.67. The number of aromatic hydroxyl groups is 1. The minimum atomic E-state index is -3.80. The van der Waals surface area contributed by atoms with E-state index < -0.39 is 15.9 Å². The molecule has 32 heavy (non-hydrogen) atoms. The van der Waals surface area contributed by atoms with Crippen molar-refractivity contribution < 1.29 is 32.6 Å². The molecule has 2 fully saturated rings. The zero-order chi connectivity index (χ0) is 22.9. The smallest absolute Gasteiger partial charge is 0.243 e. The first kappa shape index (κ1) is 22.4. The molecule has 2 atom stereocenters. The molecule has 1 aromatic carbocycles. The highest BCUT2D eigenvalue weighted by Crippen LogP contribution is 2.35. The van der Waals surface area contributed by atoms with Gasteiger partial charge in [0.25, 0.3) is 0 Å². The third-order valence-electron chi connectivity index (χ3n) is 6.01. The molecule has 1 aromatic rings. The number of ether oxygens (including phenoxy) is 1. The SMILES string of the molecule is O=C(CCN1C(=O)C2CC=CCC2C1=O)Nc1cc(S(=O)(=O)N2CCOCC2)ccc1O. The second-order valence-electron chi connectivity index (χ2n) is 7.98. The van der Waals surface area contributed by atoms with Crippen molar-refractivity contribution in [1.82, 2.24) is 9.21 Å². The minimum absolute atomic E-state index is 0.0544. The van der Waals surface area contributed by atoms with Crippen LogP contribution in [0.1, 0.15) is 19.3 Å². The fourth-order valence-corrected chi connectivity index (χ4v) is 5.66. The van der Waals surface area contributed by atoms with E-state index in [2.05, 4.69) is 5.32 Å². The molecule has 0 aromatic heterocycles. The lowest BCUT2D eigenvalue weighted by Gasteiger charge is -2.26. The predicted octanol–water partition coefficient (Wildman–Crippen LogP) is 0.693. The Kier molecular flexibility index (Phi) is 6.31. The van der Waals surface area contributed by atoms with Crippen LogP contribution in [0.3, 0.4) is 0 Å². The second-order valence-corrected chi connectivity index (χ2v) is 9.92. The topological polar surface area (TPSA) is 133 Å². The molecule has 10 nitrogen and oxygen atoms in total. The zero-order valence-electron chi connectivity index (χ0n) is 17.4. The van der Waals surface area contributed by atoms with Gasteiger partial charge in [0.1, 0.15) is 5.75 Å². The molecule has 3 aliphatic rings. The molecule has 0 bridgehead atoms. The van der Waals surface area contributed by atoms with Crippen LogP contribution in [-0.2, 0) is 29.1 Å². The van der Waals surface area contributed by atoms with Gasteiger partial charge >= 0.3 is 0 Å². The molecule has 2 N–H and O–H groups in total. The summed E-state index contributed by atoms with van der Waals surface area (Å²) in [5.74, 6) is -2.08. The van der Waals surface area contributed by atoms with Gasteiger partial charge in [-0.25, -0.2) is 8.42 Å². The lowest BCUT2D eigenvalue weighted by atomic mass is 9.85. The summed E-state index contributed by atoms with van der Waals surface area (Å²) in [6.45, 7) is 0.975. The van der Waals surface area contributed by atoms with Crippen molar-refractivity contribution in [1.29, 1.82) is 0 Å². The zero-order valence-corrected chi connectivity index (χ0v) is 18.2. The molecule has 0 spiro atoms. The number of carbonyl (C=O) groups is 3. The van der Waals surface area contributed by atoms with E-state index in [0.717, 1.165) is 4.90 Å². The molecule has 0 radical (unpaired) electrons. The van der Waals surface area contributed by atoms with Gasteiger partial charge in [-0.05, 0) is 31.0 Å². The molecule has 2 aliphatic heterocycles. The van der Waals surface area contributed by atoms with Crippen LogP contribution in [0.15, 0.2) is 35.2 Å². The van der Waals surface area contributed by atoms with Crippen molar-refractivity contribution in [2.45, 2.75) is 24.2 Å². The van der Waals surface area contributed by atoms with Crippen molar-refractivity contribution in [3.63, 3.8) is 0 Å². The van der Waals surface area contributed by atoms with Gasteiger partial charge < -0.3 is 15.2 Å². The number of anilines is 1. The van der Waals surface area contributed by atoms with Gasteiger partial charge in [-0.15, -0.1) is 0 Å². The van der Waals surface area contributed by atoms with Gasteiger partial charge in [-0.1, -0.05) is 12.2 Å². The van der Waals surface area contributed by atoms with E-state index in [4.69, 9.17) is 4.74 Å². The van der Waals surface area contributed by atoms with Gasteiger partial charge in [0.15, 0.2) is 0 Å². The fraction of sp³-hybridized carbons (Fsp3) is 0.476. The van der Waals surface area contributed by atoms with Gasteiger partial charge in [0.2, 0.25) is 27.7 Å². The minimum Gasteiger partial charge on any atom is -0.506 e. The van der Waals surface area contributed by atoms with Gasteiger partial charge in [0, 0.05) is 26.1 Å². The summed E-state index contributed by atoms with van der Waals surface area (Å²) in [5.41, 5.74) is -0.0544. The molecule has 0 saturated carbocycles. The van der Waals surface area contributed by atoms with Crippen LogP contribution in [-0.4, -0.2) is 73.3 Å². The van der Waals surface area contributed by atoms with E-state index in [0.29, 0.717) is 26.1 Å². The molecule has 3 amide bonds. The van der Waals surface area contributed by atoms with Crippen molar-refractivity contribution in [2.75, 3.05) is 38.2 Å². The highest BCUT2D eigenvalue weighted by atomic mass is 32.2. The Labute approximate surface area is 185 Å². The molecule has 2 saturated heterocycles. The Morgan fingerprint density at radius 3 is 2.34 bits per heavy atom. The number of carbonyl (C=O) groups excluding carboxylic acids is 3. The van der Waals surface area contributed by atoms with Crippen LogP contribution in [0.4, 0.5) is 5.69 Å². The van der Waals surface area contributed by atoms with Gasteiger partial charge in [0.05, 0.1) is 35.6 Å². The quantitative estimate of drug-likeness (QED) is 0.360. The number of likely N-dealkylation sites (tertiary alicyclic amines) is 1. The number of nitrogens with zero attached hydrogens (tertiary/aromatic N) is 2. The highest BCUT2D eigenvalue weighted by molar-refractivity contribution is 7.89. The first-order valence-corrected chi connectivity index (χ1v) is 11.9. The summed E-state index contributed by atoms with van der Waals surface area (Å²) in [5, 5.41) is 12.6. The largest absolute Gasteiger partial charge is 0.506 e. The number of fused-ring (bicyclic) bond motifs is 1. The van der Waals surface area contributed by atoms with Crippen LogP contribution in [0, 0.1) is 11.8 Å². The molecule has 4 rings (SSSR count). The molecule has 172 valence electrons. The number of amides is 3. The monoisotopic (exact) mass is 463 g/mol. The second kappa shape index (κ2) is 9.00. The van der Waals surface area contributed by atoms with Crippen LogP contribution >= 0.6 is 0 Å². The maximum absolute atomic E-state index is 12.8. The van der Waals surface area contributed by atoms with E-state index in [1.807, 2.05) is 12.2 Å². The number of hydrogen-bond acceptors (Lipinski definition) is 7. The van der Waals surface area contributed by atoms with Crippen molar-refractivity contribution >= 4 is 33.4 Å². The first-order chi connectivity index (χ1) is 15.3. The fourth-order valence-electron chi connectivity index (χ4n) is 4.23. The van der Waals surface area contributed by atoms with Gasteiger partial charge in [-0.2, -0.15) is 4.31 Å². The lowest BCUT2D eigenvalue weighted by Crippen LogP contribution is -2.40. The number of allylic oxidation sites excluding steroid dienone is 2. The summed E-state index contributed by atoms with van der Waals surface area (Å²) >= 11 is 0. The van der Waals surface area contributed by atoms with Gasteiger partial charge in [-0.3, -0.25) is 19.3 Å². The van der Waals surface area contributed by atoms with E-state index >= 15 is 0 Å². The lowest BCUT2D eigenvalue weighted by molar-refractivity contribution is -0.140.